The molecule has 0 aliphatic carbocycles. The van der Waals surface area contributed by atoms with Gasteiger partial charge in [-0.15, -0.1) is 0 Å². The zero-order valence-electron chi connectivity index (χ0n) is 14.3. The van der Waals surface area contributed by atoms with Crippen molar-refractivity contribution in [3.05, 3.63) is 60.2 Å². The molecular weight excluding hydrogens is 302 g/mol. The molecule has 0 aromatic heterocycles. The quantitative estimate of drug-likeness (QED) is 0.653. The summed E-state index contributed by atoms with van der Waals surface area (Å²) in [7, 11) is 0. The van der Waals surface area contributed by atoms with Gasteiger partial charge in [0.2, 0.25) is 0 Å². The lowest BCUT2D eigenvalue weighted by Gasteiger charge is -2.22. The fourth-order valence-corrected chi connectivity index (χ4v) is 2.19. The Hall–Kier alpha value is -2.37. The summed E-state index contributed by atoms with van der Waals surface area (Å²) < 4.78 is 0. The van der Waals surface area contributed by atoms with Gasteiger partial charge >= 0.3 is 6.03 Å². The number of para-hydroxylation sites is 1. The molecule has 2 aromatic carbocycles. The van der Waals surface area contributed by atoms with Crippen LogP contribution in [-0.4, -0.2) is 23.3 Å². The molecule has 5 heteroatoms. The van der Waals surface area contributed by atoms with Gasteiger partial charge in [-0.2, -0.15) is 0 Å². The molecule has 0 saturated carbocycles. The Morgan fingerprint density at radius 3 is 2.08 bits per heavy atom. The first-order valence-electron chi connectivity index (χ1n) is 8.02. The Balaban J connectivity index is 1.88. The third-order valence-corrected chi connectivity index (χ3v) is 3.54. The van der Waals surface area contributed by atoms with Crippen LogP contribution in [0.3, 0.4) is 0 Å². The summed E-state index contributed by atoms with van der Waals surface area (Å²) in [5.41, 5.74) is 1.82. The SMILES string of the molecule is CC(NCC(C)(C)O)c1ccc(NC(=O)Nc2ccccc2)cc1. The minimum Gasteiger partial charge on any atom is -0.389 e. The molecule has 0 bridgehead atoms. The monoisotopic (exact) mass is 327 g/mol. The molecule has 128 valence electrons. The Kier molecular flexibility index (Phi) is 5.95. The van der Waals surface area contributed by atoms with Gasteiger partial charge in [-0.05, 0) is 50.6 Å². The van der Waals surface area contributed by atoms with Gasteiger partial charge in [-0.1, -0.05) is 30.3 Å². The lowest BCUT2D eigenvalue weighted by molar-refractivity contribution is 0.0770. The third-order valence-electron chi connectivity index (χ3n) is 3.54. The van der Waals surface area contributed by atoms with Crippen molar-refractivity contribution in [3.8, 4) is 0 Å². The van der Waals surface area contributed by atoms with Crippen molar-refractivity contribution < 1.29 is 9.90 Å². The van der Waals surface area contributed by atoms with Crippen LogP contribution in [0.1, 0.15) is 32.4 Å². The first-order valence-corrected chi connectivity index (χ1v) is 8.02. The Morgan fingerprint density at radius 1 is 1.00 bits per heavy atom. The second-order valence-corrected chi connectivity index (χ2v) is 6.48. The van der Waals surface area contributed by atoms with E-state index >= 15 is 0 Å². The van der Waals surface area contributed by atoms with E-state index in [4.69, 9.17) is 0 Å². The minimum absolute atomic E-state index is 0.114. The number of anilines is 2. The average molecular weight is 327 g/mol. The molecule has 2 amide bonds. The summed E-state index contributed by atoms with van der Waals surface area (Å²) in [4.78, 5) is 12.0. The van der Waals surface area contributed by atoms with E-state index in [1.54, 1.807) is 13.8 Å². The molecule has 0 heterocycles. The first kappa shape index (κ1) is 18.0. The molecule has 0 radical (unpaired) electrons. The van der Waals surface area contributed by atoms with Gasteiger partial charge in [-0.25, -0.2) is 4.79 Å². The highest BCUT2D eigenvalue weighted by Crippen LogP contribution is 2.17. The van der Waals surface area contributed by atoms with Gasteiger partial charge < -0.3 is 21.1 Å². The van der Waals surface area contributed by atoms with E-state index in [0.29, 0.717) is 6.54 Å². The smallest absolute Gasteiger partial charge is 0.323 e. The molecule has 0 saturated heterocycles. The summed E-state index contributed by atoms with van der Waals surface area (Å²) in [5.74, 6) is 0. The molecule has 2 rings (SSSR count). The maximum absolute atomic E-state index is 12.0. The van der Waals surface area contributed by atoms with Crippen LogP contribution in [0.5, 0.6) is 0 Å². The van der Waals surface area contributed by atoms with Crippen LogP contribution < -0.4 is 16.0 Å². The Bertz CT molecular complexity index is 649. The topological polar surface area (TPSA) is 73.4 Å². The number of rotatable bonds is 6. The van der Waals surface area contributed by atoms with Crippen LogP contribution >= 0.6 is 0 Å². The molecule has 4 N–H and O–H groups in total. The van der Waals surface area contributed by atoms with Crippen LogP contribution in [0.2, 0.25) is 0 Å². The summed E-state index contributed by atoms with van der Waals surface area (Å²) in [6, 6.07) is 16.8. The summed E-state index contributed by atoms with van der Waals surface area (Å²) in [6.07, 6.45) is 0. The lowest BCUT2D eigenvalue weighted by Crippen LogP contribution is -2.36. The lowest BCUT2D eigenvalue weighted by atomic mass is 10.1. The van der Waals surface area contributed by atoms with Crippen LogP contribution in [0, 0.1) is 0 Å². The number of hydrogen-bond acceptors (Lipinski definition) is 3. The number of carbonyl (C=O) groups excluding carboxylic acids is 1. The van der Waals surface area contributed by atoms with E-state index in [1.165, 1.54) is 0 Å². The molecule has 1 unspecified atom stereocenters. The predicted molar refractivity (Wildman–Crippen MR) is 98.2 cm³/mol. The molecule has 24 heavy (non-hydrogen) atoms. The second kappa shape index (κ2) is 7.95. The average Bonchev–Trinajstić information content (AvgIpc) is 2.53. The third kappa shape index (κ3) is 6.02. The maximum Gasteiger partial charge on any atom is 0.323 e. The van der Waals surface area contributed by atoms with Crippen LogP contribution in [0.4, 0.5) is 16.2 Å². The molecule has 5 nitrogen and oxygen atoms in total. The number of hydrogen-bond donors (Lipinski definition) is 4. The van der Waals surface area contributed by atoms with Gasteiger partial charge in [-0.3, -0.25) is 0 Å². The normalized spacial score (nSPS) is 12.5. The first-order chi connectivity index (χ1) is 11.3. The Labute approximate surface area is 143 Å². The van der Waals surface area contributed by atoms with Crippen molar-refractivity contribution in [2.45, 2.75) is 32.4 Å². The highest BCUT2D eigenvalue weighted by atomic mass is 16.3. The van der Waals surface area contributed by atoms with Crippen LogP contribution in [0.15, 0.2) is 54.6 Å². The molecule has 0 fully saturated rings. The molecule has 1 atom stereocenters. The van der Waals surface area contributed by atoms with Gasteiger partial charge in [0.25, 0.3) is 0 Å². The summed E-state index contributed by atoms with van der Waals surface area (Å²) in [5, 5.41) is 18.6. The van der Waals surface area contributed by atoms with Crippen molar-refractivity contribution in [1.82, 2.24) is 5.32 Å². The molecular formula is C19H25N3O2. The van der Waals surface area contributed by atoms with Gasteiger partial charge in [0.05, 0.1) is 5.60 Å². The van der Waals surface area contributed by atoms with Crippen molar-refractivity contribution in [1.29, 1.82) is 0 Å². The number of aliphatic hydroxyl groups is 1. The van der Waals surface area contributed by atoms with E-state index in [0.717, 1.165) is 16.9 Å². The standard InChI is InChI=1S/C19H25N3O2/c1-14(20-13-19(2,3)24)15-9-11-17(12-10-15)22-18(23)21-16-7-5-4-6-8-16/h4-12,14,20,24H,13H2,1-3H3,(H2,21,22,23). The predicted octanol–water partition coefficient (Wildman–Crippen LogP) is 3.75. The van der Waals surface area contributed by atoms with E-state index in [-0.39, 0.29) is 12.1 Å². The van der Waals surface area contributed by atoms with Gasteiger partial charge in [0, 0.05) is 24.0 Å². The fourth-order valence-electron chi connectivity index (χ4n) is 2.19. The summed E-state index contributed by atoms with van der Waals surface area (Å²) >= 11 is 0. The largest absolute Gasteiger partial charge is 0.389 e. The zero-order chi connectivity index (χ0) is 17.6. The zero-order valence-corrected chi connectivity index (χ0v) is 14.3. The molecule has 2 aromatic rings. The minimum atomic E-state index is -0.745. The fraction of sp³-hybridized carbons (Fsp3) is 0.316. The highest BCUT2D eigenvalue weighted by molar-refractivity contribution is 5.99. The number of amides is 2. The van der Waals surface area contributed by atoms with Crippen LogP contribution in [-0.2, 0) is 0 Å². The number of nitrogens with one attached hydrogen (secondary N) is 3. The second-order valence-electron chi connectivity index (χ2n) is 6.48. The number of carbonyl (C=O) groups is 1. The van der Waals surface area contributed by atoms with Crippen molar-refractivity contribution in [2.75, 3.05) is 17.2 Å². The van der Waals surface area contributed by atoms with E-state index in [9.17, 15) is 9.90 Å². The maximum atomic E-state index is 12.0. The van der Waals surface area contributed by atoms with Crippen molar-refractivity contribution in [3.63, 3.8) is 0 Å². The van der Waals surface area contributed by atoms with Crippen molar-refractivity contribution >= 4 is 17.4 Å². The summed E-state index contributed by atoms with van der Waals surface area (Å²) in [6.45, 7) is 6.08. The molecule has 0 spiro atoms. The van der Waals surface area contributed by atoms with E-state index in [1.807, 2.05) is 61.5 Å². The van der Waals surface area contributed by atoms with Gasteiger partial charge in [0.1, 0.15) is 0 Å². The van der Waals surface area contributed by atoms with Gasteiger partial charge in [0.15, 0.2) is 0 Å². The van der Waals surface area contributed by atoms with E-state index in [2.05, 4.69) is 16.0 Å². The van der Waals surface area contributed by atoms with Crippen molar-refractivity contribution in [2.24, 2.45) is 0 Å². The number of urea groups is 1. The van der Waals surface area contributed by atoms with Crippen LogP contribution in [0.25, 0.3) is 0 Å². The van der Waals surface area contributed by atoms with E-state index < -0.39 is 5.60 Å². The number of benzene rings is 2. The Morgan fingerprint density at radius 2 is 1.54 bits per heavy atom. The highest BCUT2D eigenvalue weighted by Gasteiger charge is 2.14. The molecule has 0 aliphatic heterocycles. The molecule has 0 aliphatic rings.